The van der Waals surface area contributed by atoms with E-state index in [1.807, 2.05) is 12.2 Å². The Morgan fingerprint density at radius 3 is 2.50 bits per heavy atom. The van der Waals surface area contributed by atoms with Crippen molar-refractivity contribution in [2.75, 3.05) is 10.5 Å². The standard InChI is InChI=1S/C27H28F2N2O4S/c1-5-36(33,34)30-19-8-11-25(35-26-10-7-18(28)13-24(26)29)21(14-19)23-15-31(4)27(32)22-12-17(3)16(2)6-9-20(22)23/h6-11,13-17,30H,5,12H2,1-4H3/t16?,17-/m1/s1. The molecule has 190 valence electrons. The average molecular weight is 515 g/mol. The van der Waals surface area contributed by atoms with Crippen molar-refractivity contribution in [1.82, 2.24) is 4.57 Å². The molecule has 1 aliphatic rings. The Bertz CT molecular complexity index is 1510. The highest BCUT2D eigenvalue weighted by Gasteiger charge is 2.24. The van der Waals surface area contributed by atoms with E-state index >= 15 is 0 Å². The van der Waals surface area contributed by atoms with Crippen molar-refractivity contribution in [1.29, 1.82) is 0 Å². The Hall–Kier alpha value is -3.46. The van der Waals surface area contributed by atoms with Gasteiger partial charge < -0.3 is 9.30 Å². The maximum absolute atomic E-state index is 14.4. The SMILES string of the molecule is CCS(=O)(=O)Nc1ccc(Oc2ccc(F)cc2F)c(-c2cn(C)c(=O)c3c2C=CC(C)[C@H](C)C3)c1. The predicted octanol–water partition coefficient (Wildman–Crippen LogP) is 5.73. The fourth-order valence-corrected chi connectivity index (χ4v) is 4.81. The smallest absolute Gasteiger partial charge is 0.254 e. The third-order valence-corrected chi connectivity index (χ3v) is 7.85. The van der Waals surface area contributed by atoms with Gasteiger partial charge in [0.2, 0.25) is 10.0 Å². The minimum absolute atomic E-state index is 0.116. The number of hydrogen-bond acceptors (Lipinski definition) is 4. The second-order valence-corrected chi connectivity index (χ2v) is 11.2. The Morgan fingerprint density at radius 2 is 1.81 bits per heavy atom. The van der Waals surface area contributed by atoms with Gasteiger partial charge in [0, 0.05) is 41.7 Å². The molecule has 1 N–H and O–H groups in total. The summed E-state index contributed by atoms with van der Waals surface area (Å²) in [5.41, 5.74) is 2.60. The summed E-state index contributed by atoms with van der Waals surface area (Å²) in [7, 11) is -1.92. The van der Waals surface area contributed by atoms with Gasteiger partial charge in [-0.15, -0.1) is 0 Å². The number of halogens is 2. The van der Waals surface area contributed by atoms with Crippen molar-refractivity contribution in [2.24, 2.45) is 18.9 Å². The van der Waals surface area contributed by atoms with Crippen LogP contribution in [0.1, 0.15) is 31.9 Å². The number of hydrogen-bond donors (Lipinski definition) is 1. The zero-order valence-electron chi connectivity index (χ0n) is 20.5. The van der Waals surface area contributed by atoms with E-state index in [0.717, 1.165) is 12.1 Å². The van der Waals surface area contributed by atoms with E-state index in [1.165, 1.54) is 29.7 Å². The molecule has 2 aromatic carbocycles. The van der Waals surface area contributed by atoms with Crippen LogP contribution in [-0.4, -0.2) is 18.7 Å². The van der Waals surface area contributed by atoms with Crippen LogP contribution in [0.25, 0.3) is 17.2 Å². The van der Waals surface area contributed by atoms with Crippen LogP contribution < -0.4 is 15.0 Å². The van der Waals surface area contributed by atoms with Crippen LogP contribution in [0, 0.1) is 23.5 Å². The molecule has 9 heteroatoms. The van der Waals surface area contributed by atoms with E-state index in [2.05, 4.69) is 18.6 Å². The van der Waals surface area contributed by atoms with Gasteiger partial charge in [-0.1, -0.05) is 26.0 Å². The zero-order valence-corrected chi connectivity index (χ0v) is 21.3. The predicted molar refractivity (Wildman–Crippen MR) is 138 cm³/mol. The molecule has 1 unspecified atom stereocenters. The second kappa shape index (κ2) is 9.89. The summed E-state index contributed by atoms with van der Waals surface area (Å²) in [6, 6.07) is 7.62. The number of sulfonamides is 1. The molecule has 0 bridgehead atoms. The molecule has 0 radical (unpaired) electrons. The van der Waals surface area contributed by atoms with Crippen molar-refractivity contribution in [3.63, 3.8) is 0 Å². The van der Waals surface area contributed by atoms with Crippen molar-refractivity contribution in [3.05, 3.63) is 81.8 Å². The Labute approximate surface area is 209 Å². The summed E-state index contributed by atoms with van der Waals surface area (Å²) < 4.78 is 62.2. The molecule has 0 amide bonds. The minimum atomic E-state index is -3.57. The summed E-state index contributed by atoms with van der Waals surface area (Å²) in [6.45, 7) is 5.70. The van der Waals surface area contributed by atoms with Crippen LogP contribution in [0.5, 0.6) is 11.5 Å². The number of pyridine rings is 1. The molecule has 0 saturated carbocycles. The fourth-order valence-electron chi connectivity index (χ4n) is 4.18. The third kappa shape index (κ3) is 5.21. The van der Waals surface area contributed by atoms with Crippen LogP contribution in [-0.2, 0) is 23.5 Å². The number of benzene rings is 2. The summed E-state index contributed by atoms with van der Waals surface area (Å²) in [5.74, 6) is -1.22. The summed E-state index contributed by atoms with van der Waals surface area (Å²) in [5, 5.41) is 0. The first-order valence-corrected chi connectivity index (χ1v) is 13.3. The fraction of sp³-hybridized carbons (Fsp3) is 0.296. The molecule has 2 atom stereocenters. The molecule has 1 aliphatic carbocycles. The zero-order chi connectivity index (χ0) is 26.2. The lowest BCUT2D eigenvalue weighted by Gasteiger charge is -2.19. The van der Waals surface area contributed by atoms with Crippen molar-refractivity contribution in [3.8, 4) is 22.6 Å². The molecule has 6 nitrogen and oxygen atoms in total. The molecule has 0 spiro atoms. The van der Waals surface area contributed by atoms with Crippen LogP contribution >= 0.6 is 0 Å². The van der Waals surface area contributed by atoms with Crippen LogP contribution in [0.15, 0.2) is 53.5 Å². The molecule has 0 fully saturated rings. The molecule has 0 aliphatic heterocycles. The monoisotopic (exact) mass is 514 g/mol. The quantitative estimate of drug-likeness (QED) is 0.456. The van der Waals surface area contributed by atoms with Gasteiger partial charge in [0.05, 0.1) is 5.75 Å². The van der Waals surface area contributed by atoms with Gasteiger partial charge in [0.1, 0.15) is 11.6 Å². The maximum atomic E-state index is 14.4. The number of aryl methyl sites for hydroxylation is 1. The van der Waals surface area contributed by atoms with Gasteiger partial charge in [0.25, 0.3) is 5.56 Å². The van der Waals surface area contributed by atoms with Crippen molar-refractivity contribution < 1.29 is 21.9 Å². The van der Waals surface area contributed by atoms with Gasteiger partial charge in [-0.2, -0.15) is 0 Å². The van der Waals surface area contributed by atoms with E-state index in [4.69, 9.17) is 4.74 Å². The molecule has 0 saturated heterocycles. The third-order valence-electron chi connectivity index (χ3n) is 6.54. The van der Waals surface area contributed by atoms with Crippen molar-refractivity contribution >= 4 is 21.8 Å². The number of rotatable bonds is 6. The molecular formula is C27H28F2N2O4S. The Kier molecular flexibility index (Phi) is 7.04. The van der Waals surface area contributed by atoms with E-state index < -0.39 is 21.7 Å². The summed E-state index contributed by atoms with van der Waals surface area (Å²) in [6.07, 6.45) is 6.18. The minimum Gasteiger partial charge on any atom is -0.454 e. The summed E-state index contributed by atoms with van der Waals surface area (Å²) in [4.78, 5) is 13.1. The highest BCUT2D eigenvalue weighted by atomic mass is 32.2. The number of allylic oxidation sites excluding steroid dienone is 1. The lowest BCUT2D eigenvalue weighted by Crippen LogP contribution is -2.24. The lowest BCUT2D eigenvalue weighted by molar-refractivity contribution is 0.439. The van der Waals surface area contributed by atoms with Gasteiger partial charge in [0.15, 0.2) is 11.6 Å². The number of aromatic nitrogens is 1. The van der Waals surface area contributed by atoms with Crippen molar-refractivity contribution in [2.45, 2.75) is 27.2 Å². The number of anilines is 1. The number of nitrogens with zero attached hydrogens (tertiary/aromatic N) is 1. The van der Waals surface area contributed by atoms with E-state index in [0.29, 0.717) is 34.4 Å². The topological polar surface area (TPSA) is 77.4 Å². The van der Waals surface area contributed by atoms with Gasteiger partial charge in [-0.3, -0.25) is 9.52 Å². The normalized spacial score (nSPS) is 17.4. The van der Waals surface area contributed by atoms with E-state index in [-0.39, 0.29) is 34.6 Å². The Balaban J connectivity index is 1.96. The largest absolute Gasteiger partial charge is 0.454 e. The van der Waals surface area contributed by atoms with Crippen LogP contribution in [0.3, 0.4) is 0 Å². The van der Waals surface area contributed by atoms with E-state index in [1.54, 1.807) is 19.3 Å². The first kappa shape index (κ1) is 25.6. The molecule has 3 aromatic rings. The molecular weight excluding hydrogens is 486 g/mol. The first-order chi connectivity index (χ1) is 17.0. The number of nitrogens with one attached hydrogen (secondary N) is 1. The molecule has 4 rings (SSSR count). The van der Waals surface area contributed by atoms with Crippen LogP contribution in [0.2, 0.25) is 0 Å². The first-order valence-electron chi connectivity index (χ1n) is 11.7. The highest BCUT2D eigenvalue weighted by molar-refractivity contribution is 7.92. The van der Waals surface area contributed by atoms with E-state index in [9.17, 15) is 22.0 Å². The lowest BCUT2D eigenvalue weighted by atomic mass is 9.90. The molecule has 36 heavy (non-hydrogen) atoms. The summed E-state index contributed by atoms with van der Waals surface area (Å²) >= 11 is 0. The molecule has 1 aromatic heterocycles. The van der Waals surface area contributed by atoms with Crippen LogP contribution in [0.4, 0.5) is 14.5 Å². The number of ether oxygens (including phenoxy) is 1. The van der Waals surface area contributed by atoms with Gasteiger partial charge in [-0.05, 0) is 61.1 Å². The second-order valence-electron chi connectivity index (χ2n) is 9.14. The maximum Gasteiger partial charge on any atom is 0.254 e. The van der Waals surface area contributed by atoms with Gasteiger partial charge >= 0.3 is 0 Å². The molecule has 1 heterocycles. The Morgan fingerprint density at radius 1 is 1.08 bits per heavy atom. The van der Waals surface area contributed by atoms with Gasteiger partial charge in [-0.25, -0.2) is 17.2 Å². The number of fused-ring (bicyclic) bond motifs is 1. The average Bonchev–Trinajstić information content (AvgIpc) is 2.97. The highest BCUT2D eigenvalue weighted by Crippen LogP contribution is 2.40.